The van der Waals surface area contributed by atoms with Crippen molar-refractivity contribution in [3.8, 4) is 0 Å². The van der Waals surface area contributed by atoms with Crippen molar-refractivity contribution in [2.45, 2.75) is 32.4 Å². The molecule has 0 aromatic heterocycles. The van der Waals surface area contributed by atoms with Gasteiger partial charge in [0.05, 0.1) is 12.5 Å². The summed E-state index contributed by atoms with van der Waals surface area (Å²) < 4.78 is 4.86. The Morgan fingerprint density at radius 1 is 1.30 bits per heavy atom. The van der Waals surface area contributed by atoms with Crippen LogP contribution in [0.3, 0.4) is 0 Å². The zero-order valence-corrected chi connectivity index (χ0v) is 14.2. The molecule has 3 aliphatic heterocycles. The topological polar surface area (TPSA) is 69.9 Å². The van der Waals surface area contributed by atoms with Gasteiger partial charge >= 0.3 is 5.97 Å². The van der Waals surface area contributed by atoms with Gasteiger partial charge in [-0.3, -0.25) is 14.5 Å². The minimum Gasteiger partial charge on any atom is -0.467 e. The van der Waals surface area contributed by atoms with Crippen LogP contribution in [0.15, 0.2) is 0 Å². The molecule has 3 aliphatic rings. The summed E-state index contributed by atoms with van der Waals surface area (Å²) in [7, 11) is 3.27. The predicted molar refractivity (Wildman–Crippen MR) is 82.4 cm³/mol. The van der Waals surface area contributed by atoms with Gasteiger partial charge in [-0.2, -0.15) is 0 Å². The maximum Gasteiger partial charge on any atom is 0.328 e. The van der Waals surface area contributed by atoms with E-state index in [1.54, 1.807) is 9.80 Å². The van der Waals surface area contributed by atoms with Crippen molar-refractivity contribution >= 4 is 17.8 Å². The molecule has 3 saturated heterocycles. The van der Waals surface area contributed by atoms with Crippen LogP contribution in [0.25, 0.3) is 0 Å². The van der Waals surface area contributed by atoms with E-state index in [0.717, 1.165) is 6.54 Å². The number of methoxy groups -OCH3 is 1. The van der Waals surface area contributed by atoms with E-state index in [1.807, 2.05) is 25.8 Å². The number of rotatable bonds is 4. The number of likely N-dealkylation sites (N-methyl/N-ethyl adjacent to an activating group) is 1. The van der Waals surface area contributed by atoms with Crippen molar-refractivity contribution in [2.75, 3.05) is 40.3 Å². The fourth-order valence-corrected chi connectivity index (χ4v) is 3.83. The molecule has 0 saturated carbocycles. The highest BCUT2D eigenvalue weighted by Gasteiger charge is 2.59. The highest BCUT2D eigenvalue weighted by Crippen LogP contribution is 2.43. The minimum absolute atomic E-state index is 0.000486. The van der Waals surface area contributed by atoms with E-state index >= 15 is 0 Å². The summed E-state index contributed by atoms with van der Waals surface area (Å²) in [4.78, 5) is 42.5. The lowest BCUT2D eigenvalue weighted by Gasteiger charge is -2.46. The second kappa shape index (κ2) is 5.47. The van der Waals surface area contributed by atoms with Crippen molar-refractivity contribution in [3.63, 3.8) is 0 Å². The van der Waals surface area contributed by atoms with Gasteiger partial charge in [0, 0.05) is 26.2 Å². The van der Waals surface area contributed by atoms with Gasteiger partial charge in [0.2, 0.25) is 11.8 Å². The van der Waals surface area contributed by atoms with Gasteiger partial charge in [-0.15, -0.1) is 0 Å². The van der Waals surface area contributed by atoms with Gasteiger partial charge in [0.1, 0.15) is 12.1 Å². The first-order valence-electron chi connectivity index (χ1n) is 8.18. The SMILES string of the molecule is COC(=O)[C@H](C(C)C)N1CCC2(CN(C(=O)[C@H]3C[N@]3C)C2)C1=O. The average Bonchev–Trinajstić information content (AvgIpc) is 3.10. The van der Waals surface area contributed by atoms with Crippen molar-refractivity contribution in [1.82, 2.24) is 14.7 Å². The number of carbonyl (C=O) groups is 3. The third kappa shape index (κ3) is 2.51. The van der Waals surface area contributed by atoms with Crippen LogP contribution in [0, 0.1) is 11.3 Å². The summed E-state index contributed by atoms with van der Waals surface area (Å²) >= 11 is 0. The van der Waals surface area contributed by atoms with Crippen LogP contribution in [0.1, 0.15) is 20.3 Å². The number of ether oxygens (including phenoxy) is 1. The Morgan fingerprint density at radius 3 is 2.39 bits per heavy atom. The molecule has 0 unspecified atom stereocenters. The van der Waals surface area contributed by atoms with E-state index in [1.165, 1.54) is 7.11 Å². The van der Waals surface area contributed by atoms with Crippen LogP contribution in [-0.2, 0) is 19.1 Å². The summed E-state index contributed by atoms with van der Waals surface area (Å²) in [6.07, 6.45) is 0.705. The Kier molecular flexibility index (Phi) is 3.86. The Hall–Kier alpha value is -1.63. The molecular weight excluding hydrogens is 298 g/mol. The van der Waals surface area contributed by atoms with Gasteiger partial charge in [-0.05, 0) is 19.4 Å². The average molecular weight is 323 g/mol. The first kappa shape index (κ1) is 16.2. The van der Waals surface area contributed by atoms with Gasteiger partial charge in [0.15, 0.2) is 0 Å². The molecular formula is C16H25N3O4. The maximum absolute atomic E-state index is 12.9. The highest BCUT2D eigenvalue weighted by atomic mass is 16.5. The molecule has 3 rings (SSSR count). The molecule has 1 spiro atoms. The quantitative estimate of drug-likeness (QED) is 0.518. The summed E-state index contributed by atoms with van der Waals surface area (Å²) in [5, 5.41) is 0. The third-order valence-corrected chi connectivity index (χ3v) is 5.40. The minimum atomic E-state index is -0.536. The van der Waals surface area contributed by atoms with Crippen LogP contribution in [-0.4, -0.2) is 84.9 Å². The molecule has 3 fully saturated rings. The second-order valence-electron chi connectivity index (χ2n) is 7.39. The Morgan fingerprint density at radius 2 is 1.91 bits per heavy atom. The van der Waals surface area contributed by atoms with Crippen LogP contribution in [0.4, 0.5) is 0 Å². The zero-order valence-electron chi connectivity index (χ0n) is 14.2. The van der Waals surface area contributed by atoms with Crippen molar-refractivity contribution in [3.05, 3.63) is 0 Å². The number of likely N-dealkylation sites (tertiary alicyclic amines) is 2. The number of nitrogens with zero attached hydrogens (tertiary/aromatic N) is 3. The number of hydrogen-bond donors (Lipinski definition) is 0. The molecule has 128 valence electrons. The molecule has 7 nitrogen and oxygen atoms in total. The van der Waals surface area contributed by atoms with E-state index in [9.17, 15) is 14.4 Å². The fourth-order valence-electron chi connectivity index (χ4n) is 3.83. The second-order valence-corrected chi connectivity index (χ2v) is 7.39. The molecule has 7 heteroatoms. The molecule has 0 radical (unpaired) electrons. The molecule has 0 bridgehead atoms. The fraction of sp³-hybridized carbons (Fsp3) is 0.812. The standard InChI is InChI=1S/C16H25N3O4/c1-10(2)12(14(21)23-4)19-6-5-16(15(19)22)8-18(9-16)13(20)11-7-17(11)3/h10-12H,5-9H2,1-4H3/t11-,12+,17+/m1/s1. The smallest absolute Gasteiger partial charge is 0.328 e. The monoisotopic (exact) mass is 323 g/mol. The maximum atomic E-state index is 12.9. The molecule has 0 aromatic rings. The van der Waals surface area contributed by atoms with Crippen LogP contribution >= 0.6 is 0 Å². The van der Waals surface area contributed by atoms with Crippen molar-refractivity contribution in [2.24, 2.45) is 11.3 Å². The Bertz CT molecular complexity index is 541. The lowest BCUT2D eigenvalue weighted by atomic mass is 9.78. The molecule has 23 heavy (non-hydrogen) atoms. The van der Waals surface area contributed by atoms with E-state index in [2.05, 4.69) is 0 Å². The third-order valence-electron chi connectivity index (χ3n) is 5.40. The molecule has 0 N–H and O–H groups in total. The first-order chi connectivity index (χ1) is 10.8. The number of carbonyl (C=O) groups excluding carboxylic acids is 3. The summed E-state index contributed by atoms with van der Waals surface area (Å²) in [5.41, 5.74) is -0.482. The van der Waals surface area contributed by atoms with Crippen LogP contribution < -0.4 is 0 Å². The summed E-state index contributed by atoms with van der Waals surface area (Å²) in [5.74, 6) is -0.246. The predicted octanol–water partition coefficient (Wildman–Crippen LogP) is -0.441. The zero-order chi connectivity index (χ0) is 16.9. The molecule has 3 atom stereocenters. The van der Waals surface area contributed by atoms with E-state index < -0.39 is 11.5 Å². The van der Waals surface area contributed by atoms with Gasteiger partial charge in [-0.25, -0.2) is 4.79 Å². The first-order valence-corrected chi connectivity index (χ1v) is 8.18. The van der Waals surface area contributed by atoms with Crippen LogP contribution in [0.5, 0.6) is 0 Å². The van der Waals surface area contributed by atoms with Gasteiger partial charge in [0.25, 0.3) is 0 Å². The van der Waals surface area contributed by atoms with Crippen molar-refractivity contribution < 1.29 is 19.1 Å². The highest BCUT2D eigenvalue weighted by molar-refractivity contribution is 5.94. The molecule has 3 heterocycles. The van der Waals surface area contributed by atoms with E-state index in [0.29, 0.717) is 26.1 Å². The van der Waals surface area contributed by atoms with E-state index in [-0.39, 0.29) is 29.7 Å². The van der Waals surface area contributed by atoms with Crippen molar-refractivity contribution in [1.29, 1.82) is 0 Å². The number of hydrogen-bond acceptors (Lipinski definition) is 5. The normalized spacial score (nSPS) is 29.7. The Balaban J connectivity index is 1.66. The van der Waals surface area contributed by atoms with Gasteiger partial charge in [-0.1, -0.05) is 13.8 Å². The van der Waals surface area contributed by atoms with Crippen LogP contribution in [0.2, 0.25) is 0 Å². The van der Waals surface area contributed by atoms with E-state index in [4.69, 9.17) is 4.74 Å². The molecule has 2 amide bonds. The van der Waals surface area contributed by atoms with Gasteiger partial charge < -0.3 is 14.5 Å². The summed E-state index contributed by atoms with van der Waals surface area (Å²) in [6.45, 7) is 6.16. The lowest BCUT2D eigenvalue weighted by molar-refractivity contribution is -0.161. The summed E-state index contributed by atoms with van der Waals surface area (Å²) in [6, 6.07) is -0.537. The largest absolute Gasteiger partial charge is 0.467 e. The number of amides is 2. The molecule has 0 aliphatic carbocycles. The Labute approximate surface area is 136 Å². The molecule has 0 aromatic carbocycles. The lowest BCUT2D eigenvalue weighted by Crippen LogP contribution is -2.63. The number of esters is 1.